The highest BCUT2D eigenvalue weighted by molar-refractivity contribution is 6.04. The van der Waals surface area contributed by atoms with Gasteiger partial charge >= 0.3 is 0 Å². The highest BCUT2D eigenvalue weighted by Gasteiger charge is 2.07. The van der Waals surface area contributed by atoms with E-state index in [9.17, 15) is 14.0 Å². The molecule has 0 aliphatic heterocycles. The van der Waals surface area contributed by atoms with Gasteiger partial charge in [0, 0.05) is 18.3 Å². The second-order valence-electron chi connectivity index (χ2n) is 4.51. The molecule has 0 aromatic heterocycles. The summed E-state index contributed by atoms with van der Waals surface area (Å²) >= 11 is 0. The predicted octanol–water partition coefficient (Wildman–Crippen LogP) is 2.37. The van der Waals surface area contributed by atoms with E-state index in [0.717, 1.165) is 5.56 Å². The van der Waals surface area contributed by atoms with Gasteiger partial charge in [-0.15, -0.1) is 0 Å². The molecule has 108 valence electrons. The second kappa shape index (κ2) is 6.65. The molecule has 2 rings (SSSR count). The summed E-state index contributed by atoms with van der Waals surface area (Å²) in [4.78, 5) is 23.2. The smallest absolute Gasteiger partial charge is 0.255 e. The largest absolute Gasteiger partial charge is 0.359 e. The fraction of sp³-hybridized carbons (Fsp3) is 0.125. The van der Waals surface area contributed by atoms with Gasteiger partial charge in [-0.05, 0) is 35.9 Å². The van der Waals surface area contributed by atoms with Crippen molar-refractivity contribution in [1.82, 2.24) is 5.32 Å². The lowest BCUT2D eigenvalue weighted by Crippen LogP contribution is -2.19. The summed E-state index contributed by atoms with van der Waals surface area (Å²) in [6, 6.07) is 12.4. The minimum Gasteiger partial charge on any atom is -0.359 e. The molecule has 0 fully saturated rings. The van der Waals surface area contributed by atoms with Crippen molar-refractivity contribution in [2.75, 3.05) is 12.4 Å². The van der Waals surface area contributed by atoms with E-state index in [2.05, 4.69) is 10.6 Å². The first kappa shape index (κ1) is 14.7. The van der Waals surface area contributed by atoms with Gasteiger partial charge in [-0.1, -0.05) is 18.2 Å². The molecule has 4 nitrogen and oxygen atoms in total. The van der Waals surface area contributed by atoms with Gasteiger partial charge in [0.15, 0.2) is 0 Å². The van der Waals surface area contributed by atoms with Crippen LogP contribution in [-0.2, 0) is 11.2 Å². The number of benzene rings is 2. The Morgan fingerprint density at radius 1 is 1.10 bits per heavy atom. The Morgan fingerprint density at radius 2 is 1.81 bits per heavy atom. The van der Waals surface area contributed by atoms with Crippen molar-refractivity contribution in [1.29, 1.82) is 0 Å². The number of carbonyl (C=O) groups excluding carboxylic acids is 2. The van der Waals surface area contributed by atoms with Crippen LogP contribution in [-0.4, -0.2) is 18.9 Å². The molecule has 0 aliphatic carbocycles. The van der Waals surface area contributed by atoms with Crippen LogP contribution in [0.25, 0.3) is 0 Å². The molecule has 0 saturated carbocycles. The van der Waals surface area contributed by atoms with Gasteiger partial charge in [0.1, 0.15) is 5.82 Å². The lowest BCUT2D eigenvalue weighted by atomic mass is 10.1. The van der Waals surface area contributed by atoms with Crippen LogP contribution in [0.2, 0.25) is 0 Å². The molecular formula is C16H15FN2O2. The predicted molar refractivity (Wildman–Crippen MR) is 78.6 cm³/mol. The zero-order valence-electron chi connectivity index (χ0n) is 11.5. The summed E-state index contributed by atoms with van der Waals surface area (Å²) in [5.41, 5.74) is 1.69. The average Bonchev–Trinajstić information content (AvgIpc) is 2.49. The molecule has 0 saturated heterocycles. The number of halogens is 1. The zero-order valence-corrected chi connectivity index (χ0v) is 11.5. The molecule has 0 spiro atoms. The quantitative estimate of drug-likeness (QED) is 0.906. The number of likely N-dealkylation sites (N-methyl/N-ethyl adjacent to an activating group) is 1. The monoisotopic (exact) mass is 286 g/mol. The highest BCUT2D eigenvalue weighted by Crippen LogP contribution is 2.12. The van der Waals surface area contributed by atoms with E-state index in [1.54, 1.807) is 37.4 Å². The molecule has 0 radical (unpaired) electrons. The van der Waals surface area contributed by atoms with Crippen molar-refractivity contribution in [3.63, 3.8) is 0 Å². The van der Waals surface area contributed by atoms with Gasteiger partial charge in [-0.25, -0.2) is 4.39 Å². The number of amides is 2. The van der Waals surface area contributed by atoms with Crippen LogP contribution in [0.4, 0.5) is 10.1 Å². The standard InChI is InChI=1S/C16H15FN2O2/c1-18-15(20)9-11-5-7-14(8-6-11)19-16(21)12-3-2-4-13(17)10-12/h2-8,10H,9H2,1H3,(H,18,20)(H,19,21). The summed E-state index contributed by atoms with van der Waals surface area (Å²) in [5.74, 6) is -0.913. The molecule has 21 heavy (non-hydrogen) atoms. The van der Waals surface area contributed by atoms with E-state index in [0.29, 0.717) is 5.69 Å². The third kappa shape index (κ3) is 4.14. The Bertz CT molecular complexity index is 654. The summed E-state index contributed by atoms with van der Waals surface area (Å²) in [6.07, 6.45) is 0.286. The van der Waals surface area contributed by atoms with Crippen LogP contribution in [0.5, 0.6) is 0 Å². The third-order valence-corrected chi connectivity index (χ3v) is 2.94. The topological polar surface area (TPSA) is 58.2 Å². The minimum absolute atomic E-state index is 0.0773. The number of rotatable bonds is 4. The summed E-state index contributed by atoms with van der Waals surface area (Å²) in [7, 11) is 1.58. The van der Waals surface area contributed by atoms with E-state index < -0.39 is 5.82 Å². The molecule has 0 unspecified atom stereocenters. The van der Waals surface area contributed by atoms with Crippen LogP contribution in [0.15, 0.2) is 48.5 Å². The fourth-order valence-corrected chi connectivity index (χ4v) is 1.81. The Labute approximate surface area is 122 Å². The first-order valence-electron chi connectivity index (χ1n) is 6.45. The SMILES string of the molecule is CNC(=O)Cc1ccc(NC(=O)c2cccc(F)c2)cc1. The van der Waals surface area contributed by atoms with Crippen molar-refractivity contribution in [3.05, 3.63) is 65.5 Å². The highest BCUT2D eigenvalue weighted by atomic mass is 19.1. The maximum Gasteiger partial charge on any atom is 0.255 e. The zero-order chi connectivity index (χ0) is 15.2. The lowest BCUT2D eigenvalue weighted by molar-refractivity contribution is -0.119. The van der Waals surface area contributed by atoms with Gasteiger partial charge in [0.2, 0.25) is 5.91 Å². The molecule has 5 heteroatoms. The van der Waals surface area contributed by atoms with E-state index in [1.165, 1.54) is 18.2 Å². The maximum absolute atomic E-state index is 13.1. The maximum atomic E-state index is 13.1. The summed E-state index contributed by atoms with van der Waals surface area (Å²) in [6.45, 7) is 0. The average molecular weight is 286 g/mol. The van der Waals surface area contributed by atoms with Crippen molar-refractivity contribution < 1.29 is 14.0 Å². The normalized spacial score (nSPS) is 10.0. The lowest BCUT2D eigenvalue weighted by Gasteiger charge is -2.06. The van der Waals surface area contributed by atoms with E-state index in [4.69, 9.17) is 0 Å². The van der Waals surface area contributed by atoms with Crippen molar-refractivity contribution >= 4 is 17.5 Å². The minimum atomic E-state index is -0.455. The molecule has 2 aromatic rings. The van der Waals surface area contributed by atoms with E-state index in [1.807, 2.05) is 0 Å². The van der Waals surface area contributed by atoms with Crippen LogP contribution in [0.1, 0.15) is 15.9 Å². The molecule has 2 N–H and O–H groups in total. The first-order valence-corrected chi connectivity index (χ1v) is 6.45. The molecule has 0 bridgehead atoms. The molecule has 0 atom stereocenters. The molecule has 0 aliphatic rings. The van der Waals surface area contributed by atoms with Crippen molar-refractivity contribution in [2.24, 2.45) is 0 Å². The van der Waals surface area contributed by atoms with Crippen LogP contribution >= 0.6 is 0 Å². The summed E-state index contributed by atoms with van der Waals surface area (Å²) < 4.78 is 13.1. The van der Waals surface area contributed by atoms with Gasteiger partial charge < -0.3 is 10.6 Å². The number of hydrogen-bond acceptors (Lipinski definition) is 2. The third-order valence-electron chi connectivity index (χ3n) is 2.94. The number of hydrogen-bond donors (Lipinski definition) is 2. The van der Waals surface area contributed by atoms with Crippen molar-refractivity contribution in [3.8, 4) is 0 Å². The Morgan fingerprint density at radius 3 is 2.43 bits per heavy atom. The first-order chi connectivity index (χ1) is 10.1. The Kier molecular flexibility index (Phi) is 4.66. The van der Waals surface area contributed by atoms with Gasteiger partial charge in [0.25, 0.3) is 5.91 Å². The van der Waals surface area contributed by atoms with Gasteiger partial charge in [-0.2, -0.15) is 0 Å². The fourth-order valence-electron chi connectivity index (χ4n) is 1.81. The molecule has 2 aromatic carbocycles. The van der Waals surface area contributed by atoms with Crippen LogP contribution in [0.3, 0.4) is 0 Å². The van der Waals surface area contributed by atoms with Crippen molar-refractivity contribution in [2.45, 2.75) is 6.42 Å². The van der Waals surface area contributed by atoms with E-state index >= 15 is 0 Å². The van der Waals surface area contributed by atoms with Gasteiger partial charge in [0.05, 0.1) is 6.42 Å². The summed E-state index contributed by atoms with van der Waals surface area (Å²) in [5, 5.41) is 5.22. The molecule has 0 heterocycles. The Hall–Kier alpha value is -2.69. The van der Waals surface area contributed by atoms with Gasteiger partial charge in [-0.3, -0.25) is 9.59 Å². The van der Waals surface area contributed by atoms with Crippen LogP contribution in [0, 0.1) is 5.82 Å². The van der Waals surface area contributed by atoms with Crippen LogP contribution < -0.4 is 10.6 Å². The number of nitrogens with one attached hydrogen (secondary N) is 2. The second-order valence-corrected chi connectivity index (χ2v) is 4.51. The number of carbonyl (C=O) groups is 2. The molecular weight excluding hydrogens is 271 g/mol. The molecule has 2 amide bonds. The number of anilines is 1. The Balaban J connectivity index is 2.03. The van der Waals surface area contributed by atoms with E-state index in [-0.39, 0.29) is 23.8 Å².